The summed E-state index contributed by atoms with van der Waals surface area (Å²) in [6.45, 7) is 12.1. The molecule has 0 aliphatic rings. The minimum atomic E-state index is 0.270. The summed E-state index contributed by atoms with van der Waals surface area (Å²) in [5.74, 6) is 0. The molecule has 0 saturated carbocycles. The predicted octanol–water partition coefficient (Wildman–Crippen LogP) is 2.91. The second-order valence-corrected chi connectivity index (χ2v) is 5.21. The molecule has 102 valence electrons. The van der Waals surface area contributed by atoms with Crippen LogP contribution >= 0.6 is 0 Å². The molecule has 0 saturated heterocycles. The predicted molar refractivity (Wildman–Crippen MR) is 80.0 cm³/mol. The van der Waals surface area contributed by atoms with E-state index in [9.17, 15) is 0 Å². The Bertz CT molecular complexity index is 356. The molecule has 2 heteroatoms. The highest BCUT2D eigenvalue weighted by molar-refractivity contribution is 5.31. The lowest BCUT2D eigenvalue weighted by atomic mass is 9.98. The fourth-order valence-corrected chi connectivity index (χ4v) is 2.29. The number of rotatable bonds is 7. The number of benzene rings is 1. The minimum Gasteiger partial charge on any atom is -0.327 e. The molecule has 0 spiro atoms. The van der Waals surface area contributed by atoms with Gasteiger partial charge in [0.2, 0.25) is 0 Å². The smallest absolute Gasteiger partial charge is 0.00915 e. The van der Waals surface area contributed by atoms with Crippen molar-refractivity contribution in [3.05, 3.63) is 34.9 Å². The highest BCUT2D eigenvalue weighted by Crippen LogP contribution is 2.13. The Kier molecular flexibility index (Phi) is 6.37. The molecule has 1 atom stereocenters. The van der Waals surface area contributed by atoms with Crippen LogP contribution in [0.25, 0.3) is 0 Å². The van der Waals surface area contributed by atoms with Gasteiger partial charge in [-0.1, -0.05) is 37.6 Å². The first-order valence-corrected chi connectivity index (χ1v) is 7.10. The summed E-state index contributed by atoms with van der Waals surface area (Å²) in [6, 6.07) is 6.90. The number of nitrogens with zero attached hydrogens (tertiary/aromatic N) is 1. The molecule has 2 N–H and O–H groups in total. The summed E-state index contributed by atoms with van der Waals surface area (Å²) >= 11 is 0. The normalized spacial score (nSPS) is 13.0. The van der Waals surface area contributed by atoms with Crippen molar-refractivity contribution in [2.45, 2.75) is 46.6 Å². The van der Waals surface area contributed by atoms with E-state index in [1.165, 1.54) is 16.7 Å². The van der Waals surface area contributed by atoms with E-state index >= 15 is 0 Å². The van der Waals surface area contributed by atoms with E-state index in [4.69, 9.17) is 5.73 Å². The molecular weight excluding hydrogens is 220 g/mol. The van der Waals surface area contributed by atoms with Crippen molar-refractivity contribution in [2.75, 3.05) is 19.6 Å². The van der Waals surface area contributed by atoms with Gasteiger partial charge in [0.15, 0.2) is 0 Å². The van der Waals surface area contributed by atoms with E-state index in [0.717, 1.165) is 32.5 Å². The molecule has 0 aliphatic heterocycles. The third kappa shape index (κ3) is 4.79. The van der Waals surface area contributed by atoms with E-state index < -0.39 is 0 Å². The van der Waals surface area contributed by atoms with Crippen LogP contribution in [0, 0.1) is 13.8 Å². The third-order valence-corrected chi connectivity index (χ3v) is 3.70. The van der Waals surface area contributed by atoms with Gasteiger partial charge in [-0.25, -0.2) is 0 Å². The summed E-state index contributed by atoms with van der Waals surface area (Å²) in [5, 5.41) is 0. The van der Waals surface area contributed by atoms with Gasteiger partial charge >= 0.3 is 0 Å². The minimum absolute atomic E-state index is 0.270. The molecule has 0 amide bonds. The average molecular weight is 248 g/mol. The molecular formula is C16H28N2. The number of hydrogen-bond donors (Lipinski definition) is 1. The summed E-state index contributed by atoms with van der Waals surface area (Å²) in [4.78, 5) is 2.43. The molecule has 0 heterocycles. The van der Waals surface area contributed by atoms with E-state index in [2.05, 4.69) is 50.8 Å². The molecule has 0 bridgehead atoms. The van der Waals surface area contributed by atoms with Gasteiger partial charge in [-0.3, -0.25) is 0 Å². The van der Waals surface area contributed by atoms with Crippen molar-refractivity contribution in [3.8, 4) is 0 Å². The molecule has 0 radical (unpaired) electrons. The number of hydrogen-bond acceptors (Lipinski definition) is 2. The van der Waals surface area contributed by atoms with Gasteiger partial charge in [0.05, 0.1) is 0 Å². The van der Waals surface area contributed by atoms with Crippen LogP contribution in [0.3, 0.4) is 0 Å². The first-order valence-electron chi connectivity index (χ1n) is 7.10. The Morgan fingerprint density at radius 3 is 2.44 bits per heavy atom. The first-order chi connectivity index (χ1) is 8.56. The molecule has 1 aromatic carbocycles. The van der Waals surface area contributed by atoms with Gasteiger partial charge in [-0.15, -0.1) is 0 Å². The van der Waals surface area contributed by atoms with Gasteiger partial charge in [-0.05, 0) is 57.5 Å². The van der Waals surface area contributed by atoms with Gasteiger partial charge in [0.25, 0.3) is 0 Å². The third-order valence-electron chi connectivity index (χ3n) is 3.70. The summed E-state index contributed by atoms with van der Waals surface area (Å²) < 4.78 is 0. The fourth-order valence-electron chi connectivity index (χ4n) is 2.29. The Labute approximate surface area is 112 Å². The monoisotopic (exact) mass is 248 g/mol. The zero-order valence-electron chi connectivity index (χ0n) is 12.4. The van der Waals surface area contributed by atoms with Gasteiger partial charge in [0, 0.05) is 6.04 Å². The van der Waals surface area contributed by atoms with Crippen LogP contribution < -0.4 is 5.73 Å². The molecule has 1 aromatic rings. The van der Waals surface area contributed by atoms with Crippen molar-refractivity contribution < 1.29 is 0 Å². The van der Waals surface area contributed by atoms with E-state index in [0.29, 0.717) is 0 Å². The fraction of sp³-hybridized carbons (Fsp3) is 0.625. The Morgan fingerprint density at radius 1 is 1.17 bits per heavy atom. The Morgan fingerprint density at radius 2 is 1.83 bits per heavy atom. The largest absolute Gasteiger partial charge is 0.327 e. The maximum absolute atomic E-state index is 6.26. The highest BCUT2D eigenvalue weighted by atomic mass is 15.1. The lowest BCUT2D eigenvalue weighted by Crippen LogP contribution is -2.31. The van der Waals surface area contributed by atoms with Crippen LogP contribution in [0.15, 0.2) is 18.2 Å². The quantitative estimate of drug-likeness (QED) is 0.804. The molecule has 1 rings (SSSR count). The summed E-state index contributed by atoms with van der Waals surface area (Å²) in [5.41, 5.74) is 10.3. The number of aryl methyl sites for hydroxylation is 2. The van der Waals surface area contributed by atoms with Crippen molar-refractivity contribution in [1.29, 1.82) is 0 Å². The number of nitrogens with two attached hydrogens (primary N) is 1. The second-order valence-electron chi connectivity index (χ2n) is 5.21. The SMILES string of the molecule is CCN(CC)CCC(N)Cc1cc(C)ccc1C. The van der Waals surface area contributed by atoms with E-state index in [1.807, 2.05) is 0 Å². The Balaban J connectivity index is 2.48. The van der Waals surface area contributed by atoms with Crippen LogP contribution in [0.2, 0.25) is 0 Å². The van der Waals surface area contributed by atoms with Gasteiger partial charge in [-0.2, -0.15) is 0 Å². The van der Waals surface area contributed by atoms with Crippen LogP contribution in [0.4, 0.5) is 0 Å². The van der Waals surface area contributed by atoms with Crippen molar-refractivity contribution >= 4 is 0 Å². The maximum atomic E-state index is 6.26. The second kappa shape index (κ2) is 7.55. The topological polar surface area (TPSA) is 29.3 Å². The molecule has 0 aliphatic carbocycles. The standard InChI is InChI=1S/C16H28N2/c1-5-18(6-2)10-9-16(17)12-15-11-13(3)7-8-14(15)4/h7-8,11,16H,5-6,9-10,12,17H2,1-4H3. The lowest BCUT2D eigenvalue weighted by molar-refractivity contribution is 0.290. The first kappa shape index (κ1) is 15.2. The zero-order valence-corrected chi connectivity index (χ0v) is 12.4. The summed E-state index contributed by atoms with van der Waals surface area (Å²) in [7, 11) is 0. The van der Waals surface area contributed by atoms with Crippen molar-refractivity contribution in [3.63, 3.8) is 0 Å². The van der Waals surface area contributed by atoms with Gasteiger partial charge in [0.1, 0.15) is 0 Å². The maximum Gasteiger partial charge on any atom is 0.00915 e. The van der Waals surface area contributed by atoms with Gasteiger partial charge < -0.3 is 10.6 Å². The Hall–Kier alpha value is -0.860. The molecule has 1 unspecified atom stereocenters. The van der Waals surface area contributed by atoms with Crippen molar-refractivity contribution in [1.82, 2.24) is 4.90 Å². The van der Waals surface area contributed by atoms with Crippen molar-refractivity contribution in [2.24, 2.45) is 5.73 Å². The van der Waals surface area contributed by atoms with Crippen LogP contribution in [-0.2, 0) is 6.42 Å². The van der Waals surface area contributed by atoms with Crippen LogP contribution in [-0.4, -0.2) is 30.6 Å². The molecule has 2 nitrogen and oxygen atoms in total. The highest BCUT2D eigenvalue weighted by Gasteiger charge is 2.08. The van der Waals surface area contributed by atoms with E-state index in [-0.39, 0.29) is 6.04 Å². The molecule has 18 heavy (non-hydrogen) atoms. The molecule has 0 aromatic heterocycles. The average Bonchev–Trinajstić information content (AvgIpc) is 2.35. The summed E-state index contributed by atoms with van der Waals surface area (Å²) in [6.07, 6.45) is 2.07. The lowest BCUT2D eigenvalue weighted by Gasteiger charge is -2.21. The zero-order chi connectivity index (χ0) is 13.5. The van der Waals surface area contributed by atoms with Crippen LogP contribution in [0.1, 0.15) is 37.0 Å². The molecule has 0 fully saturated rings. The van der Waals surface area contributed by atoms with E-state index in [1.54, 1.807) is 0 Å². The van der Waals surface area contributed by atoms with Crippen LogP contribution in [0.5, 0.6) is 0 Å².